The van der Waals surface area contributed by atoms with E-state index in [1.807, 2.05) is 0 Å². The maximum Gasteiger partial charge on any atom is 0.171 e. The molecule has 4 saturated carbocycles. The van der Waals surface area contributed by atoms with E-state index in [1.165, 1.54) is 19.3 Å². The molecule has 1 spiro atoms. The fraction of sp³-hybridized carbons (Fsp3) is 1.00. The van der Waals surface area contributed by atoms with Crippen molar-refractivity contribution in [1.82, 2.24) is 0 Å². The maximum absolute atomic E-state index is 11.2. The third-order valence-electron chi connectivity index (χ3n) is 12.1. The third kappa shape index (κ3) is 2.81. The van der Waals surface area contributed by atoms with Gasteiger partial charge in [-0.15, -0.1) is 0 Å². The van der Waals surface area contributed by atoms with Gasteiger partial charge in [0.2, 0.25) is 0 Å². The highest BCUT2D eigenvalue weighted by Gasteiger charge is 2.69. The first-order valence-corrected chi connectivity index (χ1v) is 13.5. The van der Waals surface area contributed by atoms with Crippen molar-refractivity contribution >= 4 is 0 Å². The van der Waals surface area contributed by atoms with E-state index in [9.17, 15) is 15.3 Å². The number of rotatable bonds is 1. The minimum atomic E-state index is -0.439. The van der Waals surface area contributed by atoms with Gasteiger partial charge in [0.25, 0.3) is 0 Å². The molecule has 6 fully saturated rings. The molecule has 6 aliphatic rings. The number of aliphatic hydroxyl groups is 3. The normalized spacial score (nSPS) is 61.7. The van der Waals surface area contributed by atoms with Gasteiger partial charge in [0.15, 0.2) is 5.79 Å². The molecule has 0 aromatic heterocycles. The van der Waals surface area contributed by atoms with E-state index < -0.39 is 5.79 Å². The highest BCUT2D eigenvalue weighted by Crippen LogP contribution is 2.71. The van der Waals surface area contributed by atoms with Gasteiger partial charge in [-0.1, -0.05) is 20.8 Å². The lowest BCUT2D eigenvalue weighted by atomic mass is 9.43. The predicted molar refractivity (Wildman–Crippen MR) is 121 cm³/mol. The van der Waals surface area contributed by atoms with Crippen LogP contribution in [0.4, 0.5) is 0 Å². The Balaban J connectivity index is 1.25. The molecule has 2 aliphatic heterocycles. The molecule has 5 nitrogen and oxygen atoms in total. The number of hydrogen-bond donors (Lipinski definition) is 3. The Morgan fingerprint density at radius 3 is 2.47 bits per heavy atom. The van der Waals surface area contributed by atoms with Crippen LogP contribution in [0.15, 0.2) is 0 Å². The Bertz CT molecular complexity index is 734. The zero-order valence-electron chi connectivity index (χ0n) is 20.2. The fourth-order valence-electron chi connectivity index (χ4n) is 10.4. The SMILES string of the molecule is C[C@H]1[C@H]2[C@H](C[C@@H]3[C@H]4CC[C@@H]5C[C@@H](O)C[C@@H](O)[C@]5(C)[C@H]4CC[C@]23C)O[C@]12CC[C@@H](CO)CO2. The van der Waals surface area contributed by atoms with E-state index in [1.54, 1.807) is 0 Å². The van der Waals surface area contributed by atoms with E-state index in [0.717, 1.165) is 32.1 Å². The second kappa shape index (κ2) is 7.40. The summed E-state index contributed by atoms with van der Waals surface area (Å²) >= 11 is 0. The van der Waals surface area contributed by atoms with Gasteiger partial charge in [-0.25, -0.2) is 0 Å². The lowest BCUT2D eigenvalue weighted by molar-refractivity contribution is -0.276. The molecule has 182 valence electrons. The molecule has 6 rings (SSSR count). The molecule has 0 unspecified atom stereocenters. The smallest absolute Gasteiger partial charge is 0.171 e. The number of ether oxygens (including phenoxy) is 2. The standard InChI is InChI=1S/C27H44O5/c1-15-24-22(32-27(15)9-6-16(13-28)14-31-27)12-21-19-5-4-17-10-18(29)11-23(30)26(17,3)20(19)7-8-25(21,24)2/h15-24,28-30H,4-14H2,1-3H3/t15-,16-,17+,18+,19-,20-,21+,22-,23+,24-,25-,26-,27+/m0/s1. The molecule has 5 heteroatoms. The summed E-state index contributed by atoms with van der Waals surface area (Å²) in [4.78, 5) is 0. The lowest BCUT2D eigenvalue weighted by Gasteiger charge is -2.62. The number of aliphatic hydroxyl groups excluding tert-OH is 3. The average molecular weight is 449 g/mol. The molecule has 2 saturated heterocycles. The van der Waals surface area contributed by atoms with Crippen molar-refractivity contribution < 1.29 is 24.8 Å². The zero-order chi connectivity index (χ0) is 22.5. The van der Waals surface area contributed by atoms with Crippen molar-refractivity contribution in [3.05, 3.63) is 0 Å². The zero-order valence-corrected chi connectivity index (χ0v) is 20.2. The molecule has 3 N–H and O–H groups in total. The second-order valence-electron chi connectivity index (χ2n) is 13.1. The fourth-order valence-corrected chi connectivity index (χ4v) is 10.4. The molecular weight excluding hydrogens is 404 g/mol. The quantitative estimate of drug-likeness (QED) is 0.570. The van der Waals surface area contributed by atoms with E-state index >= 15 is 0 Å². The maximum atomic E-state index is 11.2. The molecule has 0 aromatic carbocycles. The van der Waals surface area contributed by atoms with Gasteiger partial charge in [-0.3, -0.25) is 0 Å². The van der Waals surface area contributed by atoms with Crippen LogP contribution in [0.2, 0.25) is 0 Å². The summed E-state index contributed by atoms with van der Waals surface area (Å²) in [5.41, 5.74) is 0.245. The largest absolute Gasteiger partial charge is 0.396 e. The van der Waals surface area contributed by atoms with Gasteiger partial charge in [0.05, 0.1) is 24.9 Å². The Labute approximate surface area is 193 Å². The van der Waals surface area contributed by atoms with Crippen molar-refractivity contribution in [3.8, 4) is 0 Å². The first-order chi connectivity index (χ1) is 15.2. The molecule has 0 radical (unpaired) electrons. The van der Waals surface area contributed by atoms with Gasteiger partial charge < -0.3 is 24.8 Å². The minimum Gasteiger partial charge on any atom is -0.396 e. The summed E-state index contributed by atoms with van der Waals surface area (Å²) in [6, 6.07) is 0. The van der Waals surface area contributed by atoms with Crippen molar-refractivity contribution in [2.45, 2.75) is 103 Å². The molecule has 0 amide bonds. The highest BCUT2D eigenvalue weighted by atomic mass is 16.7. The van der Waals surface area contributed by atoms with Crippen LogP contribution in [-0.2, 0) is 9.47 Å². The van der Waals surface area contributed by atoms with E-state index in [-0.39, 0.29) is 41.7 Å². The summed E-state index contributed by atoms with van der Waals surface area (Å²) in [5.74, 6) is 3.12. The summed E-state index contributed by atoms with van der Waals surface area (Å²) < 4.78 is 13.2. The highest BCUT2D eigenvalue weighted by molar-refractivity contribution is 5.16. The second-order valence-corrected chi connectivity index (χ2v) is 13.1. The average Bonchev–Trinajstić information content (AvgIpc) is 3.20. The van der Waals surface area contributed by atoms with Gasteiger partial charge in [0, 0.05) is 24.9 Å². The van der Waals surface area contributed by atoms with Gasteiger partial charge in [0.1, 0.15) is 0 Å². The Morgan fingerprint density at radius 1 is 0.938 bits per heavy atom. The Kier molecular flexibility index (Phi) is 5.15. The predicted octanol–water partition coefficient (Wildman–Crippen LogP) is 3.74. The van der Waals surface area contributed by atoms with Crippen molar-refractivity contribution in [2.24, 2.45) is 52.3 Å². The third-order valence-corrected chi connectivity index (χ3v) is 12.1. The molecule has 13 atom stereocenters. The van der Waals surface area contributed by atoms with Crippen LogP contribution < -0.4 is 0 Å². The van der Waals surface area contributed by atoms with E-state index in [4.69, 9.17) is 9.47 Å². The first kappa shape index (κ1) is 22.3. The summed E-state index contributed by atoms with van der Waals surface area (Å²) in [6.45, 7) is 8.10. The molecule has 0 bridgehead atoms. The van der Waals surface area contributed by atoms with E-state index in [2.05, 4.69) is 20.8 Å². The van der Waals surface area contributed by atoms with Crippen molar-refractivity contribution in [3.63, 3.8) is 0 Å². The van der Waals surface area contributed by atoms with Crippen LogP contribution in [0.1, 0.15) is 78.6 Å². The van der Waals surface area contributed by atoms with Crippen molar-refractivity contribution in [1.29, 1.82) is 0 Å². The van der Waals surface area contributed by atoms with Crippen LogP contribution in [0.5, 0.6) is 0 Å². The van der Waals surface area contributed by atoms with Crippen LogP contribution in [0.25, 0.3) is 0 Å². The van der Waals surface area contributed by atoms with Gasteiger partial charge in [-0.05, 0) is 91.8 Å². The molecule has 0 aromatic rings. The summed E-state index contributed by atoms with van der Waals surface area (Å²) in [7, 11) is 0. The van der Waals surface area contributed by atoms with Crippen LogP contribution in [0, 0.1) is 52.3 Å². The summed E-state index contributed by atoms with van der Waals surface area (Å²) in [5, 5.41) is 31.0. The molecule has 4 aliphatic carbocycles. The molecule has 32 heavy (non-hydrogen) atoms. The molecular formula is C27H44O5. The Morgan fingerprint density at radius 2 is 1.75 bits per heavy atom. The molecule has 2 heterocycles. The Hall–Kier alpha value is -0.200. The van der Waals surface area contributed by atoms with E-state index in [0.29, 0.717) is 48.5 Å². The monoisotopic (exact) mass is 448 g/mol. The summed E-state index contributed by atoms with van der Waals surface area (Å²) in [6.07, 6.45) is 8.88. The first-order valence-electron chi connectivity index (χ1n) is 13.5. The van der Waals surface area contributed by atoms with Crippen LogP contribution in [0.3, 0.4) is 0 Å². The number of fused-ring (bicyclic) bond motifs is 7. The van der Waals surface area contributed by atoms with Crippen LogP contribution in [-0.4, -0.2) is 52.6 Å². The van der Waals surface area contributed by atoms with Crippen LogP contribution >= 0.6 is 0 Å². The van der Waals surface area contributed by atoms with Crippen molar-refractivity contribution in [2.75, 3.05) is 13.2 Å². The van der Waals surface area contributed by atoms with Gasteiger partial charge in [-0.2, -0.15) is 0 Å². The minimum absolute atomic E-state index is 0.0410. The van der Waals surface area contributed by atoms with Gasteiger partial charge >= 0.3 is 0 Å². The lowest BCUT2D eigenvalue weighted by Crippen LogP contribution is -2.59. The topological polar surface area (TPSA) is 79.2 Å². The number of hydrogen-bond acceptors (Lipinski definition) is 5.